The molecule has 4 aromatic carbocycles. The summed E-state index contributed by atoms with van der Waals surface area (Å²) < 4.78 is 0. The van der Waals surface area contributed by atoms with E-state index in [0.29, 0.717) is 29.3 Å². The third-order valence-corrected chi connectivity index (χ3v) is 6.24. The summed E-state index contributed by atoms with van der Waals surface area (Å²) in [7, 11) is 0. The number of hydrogen-bond donors (Lipinski definition) is 3. The van der Waals surface area contributed by atoms with Gasteiger partial charge in [-0.3, -0.25) is 14.5 Å². The van der Waals surface area contributed by atoms with Gasteiger partial charge in [0.15, 0.2) is 5.11 Å². The highest BCUT2D eigenvalue weighted by Crippen LogP contribution is 2.34. The van der Waals surface area contributed by atoms with Crippen molar-refractivity contribution in [1.29, 1.82) is 0 Å². The van der Waals surface area contributed by atoms with Crippen molar-refractivity contribution in [3.8, 4) is 0 Å². The highest BCUT2D eigenvalue weighted by atomic mass is 32.1. The predicted octanol–water partition coefficient (Wildman–Crippen LogP) is 5.88. The lowest BCUT2D eigenvalue weighted by molar-refractivity contribution is 0.0619. The van der Waals surface area contributed by atoms with Gasteiger partial charge in [-0.25, -0.2) is 0 Å². The van der Waals surface area contributed by atoms with E-state index in [9.17, 15) is 9.59 Å². The van der Waals surface area contributed by atoms with Crippen LogP contribution in [0.4, 0.5) is 17.1 Å². The zero-order valence-electron chi connectivity index (χ0n) is 19.2. The van der Waals surface area contributed by atoms with E-state index in [-0.39, 0.29) is 11.8 Å². The number of anilines is 3. The second kappa shape index (κ2) is 9.56. The maximum Gasteiger partial charge on any atom is 0.261 e. The molecule has 6 nitrogen and oxygen atoms in total. The van der Waals surface area contributed by atoms with Crippen LogP contribution in [0.3, 0.4) is 0 Å². The normalized spacial score (nSPS) is 12.5. The minimum Gasteiger partial charge on any atom is -0.380 e. The minimum atomic E-state index is -0.240. The SMILES string of the molecule is CCN1C(=O)c2cccc3c(NCc4ccc(NC(=S)Nc5ccccc5)cc4)ccc(c23)C1=O. The lowest BCUT2D eigenvalue weighted by Crippen LogP contribution is -2.40. The second-order valence-electron chi connectivity index (χ2n) is 8.24. The highest BCUT2D eigenvalue weighted by Gasteiger charge is 2.32. The van der Waals surface area contributed by atoms with E-state index < -0.39 is 0 Å². The van der Waals surface area contributed by atoms with Crippen molar-refractivity contribution >= 4 is 57.0 Å². The van der Waals surface area contributed by atoms with Crippen molar-refractivity contribution < 1.29 is 9.59 Å². The number of amides is 2. The van der Waals surface area contributed by atoms with Gasteiger partial charge in [-0.1, -0.05) is 42.5 Å². The Labute approximate surface area is 209 Å². The van der Waals surface area contributed by atoms with E-state index in [1.54, 1.807) is 12.1 Å². The molecule has 0 radical (unpaired) electrons. The fourth-order valence-electron chi connectivity index (χ4n) is 4.31. The molecule has 3 N–H and O–H groups in total. The maximum atomic E-state index is 12.8. The van der Waals surface area contributed by atoms with Crippen LogP contribution >= 0.6 is 12.2 Å². The molecule has 174 valence electrons. The van der Waals surface area contributed by atoms with Crippen LogP contribution in [0.15, 0.2) is 84.9 Å². The maximum absolute atomic E-state index is 12.8. The Kier molecular flexibility index (Phi) is 6.16. The smallest absolute Gasteiger partial charge is 0.261 e. The molecule has 5 rings (SSSR count). The fraction of sp³-hybridized carbons (Fsp3) is 0.107. The van der Waals surface area contributed by atoms with Gasteiger partial charge in [-0.05, 0) is 67.2 Å². The van der Waals surface area contributed by atoms with E-state index in [4.69, 9.17) is 12.2 Å². The molecule has 0 atom stereocenters. The number of carbonyl (C=O) groups is 2. The van der Waals surface area contributed by atoms with Gasteiger partial charge in [-0.2, -0.15) is 0 Å². The van der Waals surface area contributed by atoms with Gasteiger partial charge in [0.1, 0.15) is 0 Å². The van der Waals surface area contributed by atoms with Gasteiger partial charge in [0, 0.05) is 52.1 Å². The number of nitrogens with zero attached hydrogens (tertiary/aromatic N) is 1. The van der Waals surface area contributed by atoms with Gasteiger partial charge < -0.3 is 16.0 Å². The van der Waals surface area contributed by atoms with E-state index in [1.807, 2.05) is 79.7 Å². The average Bonchev–Trinajstić information content (AvgIpc) is 2.88. The van der Waals surface area contributed by atoms with Crippen molar-refractivity contribution in [3.05, 3.63) is 102 Å². The third kappa shape index (κ3) is 4.46. The van der Waals surface area contributed by atoms with Crippen LogP contribution in [0, 0.1) is 0 Å². The van der Waals surface area contributed by atoms with Gasteiger partial charge >= 0.3 is 0 Å². The van der Waals surface area contributed by atoms with Crippen molar-refractivity contribution in [2.24, 2.45) is 0 Å². The fourth-order valence-corrected chi connectivity index (χ4v) is 4.54. The number of thiocarbonyl (C=S) groups is 1. The molecule has 4 aromatic rings. The lowest BCUT2D eigenvalue weighted by atomic mass is 9.93. The standard InChI is InChI=1S/C28H24N4O2S/c1-2-32-26(33)22-10-6-9-21-24(16-15-23(25(21)22)27(32)34)29-17-18-11-13-20(14-12-18)31-28(35)30-19-7-4-3-5-8-19/h3-16,29H,2,17H2,1H3,(H2,30,31,35). The molecule has 0 spiro atoms. The third-order valence-electron chi connectivity index (χ3n) is 6.03. The molecule has 0 aliphatic carbocycles. The molecule has 0 fully saturated rings. The van der Waals surface area contributed by atoms with Crippen LogP contribution in [0.5, 0.6) is 0 Å². The van der Waals surface area contributed by atoms with E-state index in [2.05, 4.69) is 16.0 Å². The van der Waals surface area contributed by atoms with Crippen LogP contribution in [0.1, 0.15) is 33.2 Å². The number of carbonyl (C=O) groups excluding carboxylic acids is 2. The molecule has 1 heterocycles. The molecule has 0 saturated carbocycles. The molecule has 0 aromatic heterocycles. The summed E-state index contributed by atoms with van der Waals surface area (Å²) in [6.07, 6.45) is 0. The topological polar surface area (TPSA) is 73.5 Å². The Morgan fingerprint density at radius 1 is 0.771 bits per heavy atom. The van der Waals surface area contributed by atoms with Crippen molar-refractivity contribution in [1.82, 2.24) is 4.90 Å². The first-order chi connectivity index (χ1) is 17.0. The van der Waals surface area contributed by atoms with Crippen LogP contribution in [-0.2, 0) is 6.54 Å². The molecular weight excluding hydrogens is 456 g/mol. The molecule has 0 unspecified atom stereocenters. The van der Waals surface area contributed by atoms with Crippen LogP contribution in [0.25, 0.3) is 10.8 Å². The molecule has 7 heteroatoms. The first kappa shape index (κ1) is 22.6. The molecular formula is C28H24N4O2S. The quantitative estimate of drug-likeness (QED) is 0.237. The van der Waals surface area contributed by atoms with Gasteiger partial charge in [0.05, 0.1) is 0 Å². The van der Waals surface area contributed by atoms with Gasteiger partial charge in [0.25, 0.3) is 11.8 Å². The Morgan fingerprint density at radius 2 is 1.43 bits per heavy atom. The summed E-state index contributed by atoms with van der Waals surface area (Å²) in [5.41, 5.74) is 4.92. The summed E-state index contributed by atoms with van der Waals surface area (Å²) in [6, 6.07) is 27.1. The van der Waals surface area contributed by atoms with E-state index >= 15 is 0 Å². The first-order valence-electron chi connectivity index (χ1n) is 11.4. The number of nitrogens with one attached hydrogen (secondary N) is 3. The highest BCUT2D eigenvalue weighted by molar-refractivity contribution is 7.80. The summed E-state index contributed by atoms with van der Waals surface area (Å²) >= 11 is 5.39. The van der Waals surface area contributed by atoms with Gasteiger partial charge in [0.2, 0.25) is 0 Å². The molecule has 0 bridgehead atoms. The molecule has 0 saturated heterocycles. The molecule has 35 heavy (non-hydrogen) atoms. The number of rotatable bonds is 6. The lowest BCUT2D eigenvalue weighted by Gasteiger charge is -2.26. The predicted molar refractivity (Wildman–Crippen MR) is 145 cm³/mol. The Bertz CT molecular complexity index is 1410. The van der Waals surface area contributed by atoms with Crippen molar-refractivity contribution in [2.45, 2.75) is 13.5 Å². The Hall–Kier alpha value is -4.23. The van der Waals surface area contributed by atoms with Crippen LogP contribution in [-0.4, -0.2) is 28.4 Å². The largest absolute Gasteiger partial charge is 0.380 e. The Morgan fingerprint density at radius 3 is 2.11 bits per heavy atom. The monoisotopic (exact) mass is 480 g/mol. The molecule has 1 aliphatic rings. The van der Waals surface area contributed by atoms with Crippen LogP contribution in [0.2, 0.25) is 0 Å². The van der Waals surface area contributed by atoms with E-state index in [0.717, 1.165) is 33.4 Å². The number of para-hydroxylation sites is 1. The summed E-state index contributed by atoms with van der Waals surface area (Å²) in [4.78, 5) is 26.9. The van der Waals surface area contributed by atoms with Gasteiger partial charge in [-0.15, -0.1) is 0 Å². The molecule has 1 aliphatic heterocycles. The first-order valence-corrected chi connectivity index (χ1v) is 11.8. The zero-order chi connectivity index (χ0) is 24.4. The van der Waals surface area contributed by atoms with E-state index in [1.165, 1.54) is 4.90 Å². The number of benzene rings is 4. The number of imide groups is 1. The van der Waals surface area contributed by atoms with Crippen molar-refractivity contribution in [2.75, 3.05) is 22.5 Å². The zero-order valence-corrected chi connectivity index (χ0v) is 20.0. The average molecular weight is 481 g/mol. The summed E-state index contributed by atoms with van der Waals surface area (Å²) in [5.74, 6) is -0.481. The van der Waals surface area contributed by atoms with Crippen LogP contribution < -0.4 is 16.0 Å². The number of hydrogen-bond acceptors (Lipinski definition) is 4. The van der Waals surface area contributed by atoms with Crippen molar-refractivity contribution in [3.63, 3.8) is 0 Å². The molecule has 2 amide bonds. The summed E-state index contributed by atoms with van der Waals surface area (Å²) in [6.45, 7) is 2.75. The second-order valence-corrected chi connectivity index (χ2v) is 8.65. The Balaban J connectivity index is 1.29. The summed E-state index contributed by atoms with van der Waals surface area (Å²) in [5, 5.41) is 11.9. The minimum absolute atomic E-state index is 0.240.